The molecule has 21 heavy (non-hydrogen) atoms. The number of hydrogen-bond donors (Lipinski definition) is 1. The van der Waals surface area contributed by atoms with Crippen molar-refractivity contribution in [2.75, 3.05) is 0 Å². The molecule has 0 heterocycles. The average molecular weight is 272 g/mol. The van der Waals surface area contributed by atoms with Gasteiger partial charge < -0.3 is 5.11 Å². The Kier molecular flexibility index (Phi) is 2.54. The van der Waals surface area contributed by atoms with E-state index < -0.39 is 5.60 Å². The highest BCUT2D eigenvalue weighted by atomic mass is 16.3. The molecule has 0 amide bonds. The lowest BCUT2D eigenvalue weighted by atomic mass is 9.87. The topological polar surface area (TPSA) is 20.2 Å². The van der Waals surface area contributed by atoms with Crippen LogP contribution in [0, 0.1) is 0 Å². The Hall–Kier alpha value is -2.38. The van der Waals surface area contributed by atoms with Gasteiger partial charge in [0.25, 0.3) is 0 Å². The minimum Gasteiger partial charge on any atom is -0.380 e. The fourth-order valence-corrected chi connectivity index (χ4v) is 3.46. The molecule has 1 heteroatoms. The molecule has 1 aliphatic carbocycles. The zero-order valence-electron chi connectivity index (χ0n) is 11.7. The highest BCUT2D eigenvalue weighted by Gasteiger charge is 2.40. The van der Waals surface area contributed by atoms with E-state index in [9.17, 15) is 5.11 Å². The summed E-state index contributed by atoms with van der Waals surface area (Å²) < 4.78 is 0. The van der Waals surface area contributed by atoms with Gasteiger partial charge in [-0.3, -0.25) is 0 Å². The van der Waals surface area contributed by atoms with Crippen molar-refractivity contribution in [2.45, 2.75) is 12.0 Å². The van der Waals surface area contributed by atoms with Crippen molar-refractivity contribution in [1.29, 1.82) is 0 Å². The standard InChI is InChI=1S/C20H16O/c1-2-11-20(21)18-10-6-5-9-16(18)17-12-14-7-3-4-8-15(14)13-19(17)20/h2-10,12-13,21H,1,11H2. The Balaban J connectivity index is 2.11. The van der Waals surface area contributed by atoms with Crippen LogP contribution in [-0.4, -0.2) is 5.11 Å². The summed E-state index contributed by atoms with van der Waals surface area (Å²) in [6, 6.07) is 20.7. The second-order valence-electron chi connectivity index (χ2n) is 5.64. The molecule has 1 N–H and O–H groups in total. The smallest absolute Gasteiger partial charge is 0.119 e. The number of benzene rings is 3. The summed E-state index contributed by atoms with van der Waals surface area (Å²) in [5.41, 5.74) is 3.27. The highest BCUT2D eigenvalue weighted by molar-refractivity contribution is 5.93. The first kappa shape index (κ1) is 12.4. The van der Waals surface area contributed by atoms with Gasteiger partial charge in [-0.05, 0) is 45.2 Å². The summed E-state index contributed by atoms with van der Waals surface area (Å²) in [5, 5.41) is 13.6. The van der Waals surface area contributed by atoms with Gasteiger partial charge in [0.1, 0.15) is 5.60 Å². The maximum absolute atomic E-state index is 11.3. The summed E-state index contributed by atoms with van der Waals surface area (Å²) in [4.78, 5) is 0. The van der Waals surface area contributed by atoms with Crippen LogP contribution in [0.15, 0.2) is 73.3 Å². The second kappa shape index (κ2) is 4.31. The molecule has 102 valence electrons. The third-order valence-electron chi connectivity index (χ3n) is 4.43. The molecular formula is C20H16O. The minimum atomic E-state index is -0.961. The Morgan fingerprint density at radius 1 is 0.857 bits per heavy atom. The van der Waals surface area contributed by atoms with E-state index in [-0.39, 0.29) is 0 Å². The van der Waals surface area contributed by atoms with Crippen molar-refractivity contribution in [3.05, 3.63) is 84.4 Å². The monoisotopic (exact) mass is 272 g/mol. The molecule has 0 spiro atoms. The molecule has 0 aliphatic heterocycles. The van der Waals surface area contributed by atoms with Crippen LogP contribution in [-0.2, 0) is 5.60 Å². The molecule has 1 aliphatic rings. The molecule has 1 unspecified atom stereocenters. The van der Waals surface area contributed by atoms with E-state index in [0.29, 0.717) is 6.42 Å². The first-order chi connectivity index (χ1) is 10.2. The van der Waals surface area contributed by atoms with Crippen LogP contribution in [0.5, 0.6) is 0 Å². The minimum absolute atomic E-state index is 0.523. The summed E-state index contributed by atoms with van der Waals surface area (Å²) in [7, 11) is 0. The molecule has 1 atom stereocenters. The van der Waals surface area contributed by atoms with Crippen LogP contribution in [0.1, 0.15) is 17.5 Å². The molecule has 0 bridgehead atoms. The van der Waals surface area contributed by atoms with Crippen molar-refractivity contribution in [1.82, 2.24) is 0 Å². The molecule has 3 aromatic rings. The normalized spacial score (nSPS) is 19.3. The predicted octanol–water partition coefficient (Wildman–Crippen LogP) is 4.63. The van der Waals surface area contributed by atoms with Gasteiger partial charge in [0.05, 0.1) is 0 Å². The van der Waals surface area contributed by atoms with Crippen LogP contribution in [0.2, 0.25) is 0 Å². The predicted molar refractivity (Wildman–Crippen MR) is 87.2 cm³/mol. The SMILES string of the molecule is C=CCC1(O)c2ccccc2-c2cc3ccccc3cc21. The third kappa shape index (κ3) is 1.61. The highest BCUT2D eigenvalue weighted by Crippen LogP contribution is 2.50. The molecule has 0 radical (unpaired) electrons. The summed E-state index contributed by atoms with van der Waals surface area (Å²) >= 11 is 0. The van der Waals surface area contributed by atoms with Gasteiger partial charge in [-0.2, -0.15) is 0 Å². The van der Waals surface area contributed by atoms with E-state index in [1.54, 1.807) is 6.08 Å². The Bertz CT molecular complexity index is 863. The zero-order valence-corrected chi connectivity index (χ0v) is 11.7. The second-order valence-corrected chi connectivity index (χ2v) is 5.64. The van der Waals surface area contributed by atoms with E-state index in [0.717, 1.165) is 27.6 Å². The number of rotatable bonds is 2. The molecular weight excluding hydrogens is 256 g/mol. The lowest BCUT2D eigenvalue weighted by Crippen LogP contribution is -2.23. The molecule has 3 aromatic carbocycles. The first-order valence-corrected chi connectivity index (χ1v) is 7.20. The quantitative estimate of drug-likeness (QED) is 0.674. The Labute approximate surface area is 124 Å². The van der Waals surface area contributed by atoms with Crippen LogP contribution in [0.4, 0.5) is 0 Å². The lowest BCUT2D eigenvalue weighted by molar-refractivity contribution is 0.0892. The molecule has 0 aromatic heterocycles. The van der Waals surface area contributed by atoms with Crippen molar-refractivity contribution < 1.29 is 5.11 Å². The Morgan fingerprint density at radius 2 is 1.52 bits per heavy atom. The van der Waals surface area contributed by atoms with Gasteiger partial charge in [0.15, 0.2) is 0 Å². The van der Waals surface area contributed by atoms with Gasteiger partial charge in [-0.25, -0.2) is 0 Å². The first-order valence-electron chi connectivity index (χ1n) is 7.20. The zero-order chi connectivity index (χ0) is 14.4. The van der Waals surface area contributed by atoms with E-state index in [4.69, 9.17) is 0 Å². The largest absolute Gasteiger partial charge is 0.380 e. The molecule has 4 rings (SSSR count). The van der Waals surface area contributed by atoms with Gasteiger partial charge in [-0.15, -0.1) is 6.58 Å². The fourth-order valence-electron chi connectivity index (χ4n) is 3.46. The lowest BCUT2D eigenvalue weighted by Gasteiger charge is -2.24. The third-order valence-corrected chi connectivity index (χ3v) is 4.43. The summed E-state index contributed by atoms with van der Waals surface area (Å²) in [6.45, 7) is 3.82. The molecule has 0 saturated heterocycles. The van der Waals surface area contributed by atoms with Crippen LogP contribution in [0.25, 0.3) is 21.9 Å². The van der Waals surface area contributed by atoms with Crippen LogP contribution in [0.3, 0.4) is 0 Å². The van der Waals surface area contributed by atoms with Crippen LogP contribution < -0.4 is 0 Å². The number of aliphatic hydroxyl groups is 1. The average Bonchev–Trinajstić information content (AvgIpc) is 2.76. The van der Waals surface area contributed by atoms with Crippen molar-refractivity contribution in [2.24, 2.45) is 0 Å². The van der Waals surface area contributed by atoms with Gasteiger partial charge in [-0.1, -0.05) is 54.6 Å². The number of fused-ring (bicyclic) bond motifs is 4. The number of hydrogen-bond acceptors (Lipinski definition) is 1. The summed E-state index contributed by atoms with van der Waals surface area (Å²) in [6.07, 6.45) is 2.32. The van der Waals surface area contributed by atoms with Gasteiger partial charge in [0.2, 0.25) is 0 Å². The molecule has 0 fully saturated rings. The van der Waals surface area contributed by atoms with E-state index >= 15 is 0 Å². The van der Waals surface area contributed by atoms with E-state index in [2.05, 4.69) is 36.9 Å². The maximum atomic E-state index is 11.3. The maximum Gasteiger partial charge on any atom is 0.119 e. The fraction of sp³-hybridized carbons (Fsp3) is 0.100. The molecule has 1 nitrogen and oxygen atoms in total. The molecule has 0 saturated carbocycles. The van der Waals surface area contributed by atoms with Gasteiger partial charge >= 0.3 is 0 Å². The van der Waals surface area contributed by atoms with Gasteiger partial charge in [0, 0.05) is 6.42 Å². The van der Waals surface area contributed by atoms with E-state index in [1.165, 1.54) is 5.39 Å². The summed E-state index contributed by atoms with van der Waals surface area (Å²) in [5.74, 6) is 0. The Morgan fingerprint density at radius 3 is 2.29 bits per heavy atom. The van der Waals surface area contributed by atoms with Crippen LogP contribution >= 0.6 is 0 Å². The van der Waals surface area contributed by atoms with Crippen molar-refractivity contribution >= 4 is 10.8 Å². The van der Waals surface area contributed by atoms with Crippen molar-refractivity contribution in [3.63, 3.8) is 0 Å². The van der Waals surface area contributed by atoms with Crippen molar-refractivity contribution in [3.8, 4) is 11.1 Å². The van der Waals surface area contributed by atoms with E-state index in [1.807, 2.05) is 30.3 Å².